The average molecular weight is 429 g/mol. The molecule has 3 aromatic rings. The van der Waals surface area contributed by atoms with Gasteiger partial charge >= 0.3 is 0 Å². The maximum Gasteiger partial charge on any atom is 0.236 e. The Hall–Kier alpha value is -2.84. The summed E-state index contributed by atoms with van der Waals surface area (Å²) < 4.78 is 16.8. The van der Waals surface area contributed by atoms with E-state index in [1.54, 1.807) is 24.6 Å². The smallest absolute Gasteiger partial charge is 0.236 e. The van der Waals surface area contributed by atoms with Crippen LogP contribution in [0.25, 0.3) is 10.8 Å². The predicted molar refractivity (Wildman–Crippen MR) is 120 cm³/mol. The summed E-state index contributed by atoms with van der Waals surface area (Å²) in [7, 11) is 1.74. The molecule has 8 heteroatoms. The van der Waals surface area contributed by atoms with E-state index in [2.05, 4.69) is 39.7 Å². The molecule has 0 saturated heterocycles. The number of hydrogen-bond acceptors (Lipinski definition) is 6. The van der Waals surface area contributed by atoms with Gasteiger partial charge in [0.05, 0.1) is 23.7 Å². The molecule has 2 heterocycles. The molecule has 1 aromatic carbocycles. The summed E-state index contributed by atoms with van der Waals surface area (Å²) in [6.07, 6.45) is 1.67. The van der Waals surface area contributed by atoms with Gasteiger partial charge in [0.2, 0.25) is 5.89 Å². The zero-order valence-corrected chi connectivity index (χ0v) is 18.4. The van der Waals surface area contributed by atoms with E-state index in [1.165, 1.54) is 0 Å². The monoisotopic (exact) mass is 428 g/mol. The van der Waals surface area contributed by atoms with Gasteiger partial charge in [-0.1, -0.05) is 18.2 Å². The van der Waals surface area contributed by atoms with Crippen molar-refractivity contribution in [3.05, 3.63) is 58.8 Å². The number of thiophene rings is 1. The Morgan fingerprint density at radius 1 is 1.20 bits per heavy atom. The molecule has 30 heavy (non-hydrogen) atoms. The molecule has 2 aromatic heterocycles. The van der Waals surface area contributed by atoms with Crippen molar-refractivity contribution in [2.45, 2.75) is 26.9 Å². The molecule has 7 nitrogen and oxygen atoms in total. The number of oxazole rings is 1. The lowest BCUT2D eigenvalue weighted by Gasteiger charge is -2.15. The van der Waals surface area contributed by atoms with Crippen molar-refractivity contribution in [1.82, 2.24) is 15.6 Å². The van der Waals surface area contributed by atoms with Crippen LogP contribution >= 0.6 is 11.3 Å². The number of benzene rings is 1. The molecular weight excluding hydrogens is 400 g/mol. The second kappa shape index (κ2) is 11.4. The first kappa shape index (κ1) is 21.9. The van der Waals surface area contributed by atoms with Crippen LogP contribution in [0.15, 0.2) is 51.4 Å². The minimum Gasteiger partial charge on any atom is -0.491 e. The summed E-state index contributed by atoms with van der Waals surface area (Å²) in [4.78, 5) is 9.82. The predicted octanol–water partition coefficient (Wildman–Crippen LogP) is 3.99. The van der Waals surface area contributed by atoms with Crippen LogP contribution in [-0.4, -0.2) is 37.8 Å². The van der Waals surface area contributed by atoms with Gasteiger partial charge in [0.1, 0.15) is 18.6 Å². The lowest BCUT2D eigenvalue weighted by atomic mass is 10.1. The fourth-order valence-electron chi connectivity index (χ4n) is 2.77. The molecule has 0 aliphatic carbocycles. The highest BCUT2D eigenvalue weighted by Gasteiger charge is 2.09. The number of aryl methyl sites for hydroxylation is 1. The first-order chi connectivity index (χ1) is 14.7. The first-order valence-electron chi connectivity index (χ1n) is 9.92. The van der Waals surface area contributed by atoms with Crippen molar-refractivity contribution in [2.24, 2.45) is 4.99 Å². The maximum atomic E-state index is 5.91. The van der Waals surface area contributed by atoms with Gasteiger partial charge in [-0.15, -0.1) is 11.3 Å². The van der Waals surface area contributed by atoms with Crippen molar-refractivity contribution in [2.75, 3.05) is 26.9 Å². The third kappa shape index (κ3) is 6.33. The van der Waals surface area contributed by atoms with Gasteiger partial charge in [0.25, 0.3) is 0 Å². The number of nitrogens with one attached hydrogen (secondary N) is 2. The van der Waals surface area contributed by atoms with Gasteiger partial charge in [-0.2, -0.15) is 0 Å². The lowest BCUT2D eigenvalue weighted by Crippen LogP contribution is -2.36. The van der Waals surface area contributed by atoms with E-state index in [0.717, 1.165) is 27.4 Å². The van der Waals surface area contributed by atoms with Crippen molar-refractivity contribution in [3.8, 4) is 16.5 Å². The van der Waals surface area contributed by atoms with Gasteiger partial charge in [0.15, 0.2) is 5.96 Å². The van der Waals surface area contributed by atoms with Crippen molar-refractivity contribution < 1.29 is 13.9 Å². The topological polar surface area (TPSA) is 80.9 Å². The van der Waals surface area contributed by atoms with Crippen LogP contribution in [0.5, 0.6) is 5.75 Å². The van der Waals surface area contributed by atoms with E-state index < -0.39 is 0 Å². The molecule has 0 saturated carbocycles. The van der Waals surface area contributed by atoms with Crippen LogP contribution < -0.4 is 15.4 Å². The highest BCUT2D eigenvalue weighted by molar-refractivity contribution is 7.13. The number of rotatable bonds is 10. The van der Waals surface area contributed by atoms with Gasteiger partial charge in [-0.25, -0.2) is 4.98 Å². The van der Waals surface area contributed by atoms with Crippen LogP contribution in [0, 0.1) is 6.92 Å². The van der Waals surface area contributed by atoms with Gasteiger partial charge in [-0.3, -0.25) is 4.99 Å². The molecule has 0 atom stereocenters. The van der Waals surface area contributed by atoms with E-state index in [4.69, 9.17) is 13.9 Å². The van der Waals surface area contributed by atoms with Crippen molar-refractivity contribution in [3.63, 3.8) is 0 Å². The molecule has 3 rings (SSSR count). The summed E-state index contributed by atoms with van der Waals surface area (Å²) >= 11 is 1.60. The summed E-state index contributed by atoms with van der Waals surface area (Å²) in [6.45, 7) is 6.91. The Bertz CT molecular complexity index is 938. The Kier molecular flexibility index (Phi) is 8.29. The Morgan fingerprint density at radius 3 is 2.83 bits per heavy atom. The average Bonchev–Trinajstić information content (AvgIpc) is 3.44. The second-order valence-electron chi connectivity index (χ2n) is 6.56. The minimum absolute atomic E-state index is 0.514. The lowest BCUT2D eigenvalue weighted by molar-refractivity contribution is 0.110. The molecule has 0 amide bonds. The third-order valence-corrected chi connectivity index (χ3v) is 5.16. The largest absolute Gasteiger partial charge is 0.491 e. The highest BCUT2D eigenvalue weighted by atomic mass is 32.1. The molecule has 0 spiro atoms. The fraction of sp³-hybridized carbons (Fsp3) is 0.364. The summed E-state index contributed by atoms with van der Waals surface area (Å²) in [6, 6.07) is 10.2. The highest BCUT2D eigenvalue weighted by Crippen LogP contribution is 2.23. The molecule has 0 aliphatic rings. The van der Waals surface area contributed by atoms with E-state index in [9.17, 15) is 0 Å². The Balaban J connectivity index is 1.53. The SMILES string of the molecule is CCOCCOc1cc(C)ccc1CNC(=NC)NCc1coc(-c2cccs2)n1. The van der Waals surface area contributed by atoms with Crippen LogP contribution in [-0.2, 0) is 17.8 Å². The molecule has 0 radical (unpaired) electrons. The molecule has 0 fully saturated rings. The van der Waals surface area contributed by atoms with Gasteiger partial charge in [-0.05, 0) is 36.9 Å². The summed E-state index contributed by atoms with van der Waals surface area (Å²) in [5.41, 5.74) is 3.03. The molecule has 0 bridgehead atoms. The molecular formula is C22H28N4O3S. The second-order valence-corrected chi connectivity index (χ2v) is 7.50. The number of hydrogen-bond donors (Lipinski definition) is 2. The van der Waals surface area contributed by atoms with Crippen LogP contribution in [0.3, 0.4) is 0 Å². The Morgan fingerprint density at radius 2 is 2.07 bits per heavy atom. The van der Waals surface area contributed by atoms with Gasteiger partial charge in [0, 0.05) is 25.8 Å². The van der Waals surface area contributed by atoms with E-state index in [1.807, 2.05) is 30.5 Å². The number of aromatic nitrogens is 1. The van der Waals surface area contributed by atoms with Crippen LogP contribution in [0.2, 0.25) is 0 Å². The number of ether oxygens (including phenoxy) is 2. The molecule has 2 N–H and O–H groups in total. The third-order valence-electron chi connectivity index (χ3n) is 4.30. The standard InChI is InChI=1S/C22H28N4O3S/c1-4-27-9-10-28-19-12-16(2)7-8-17(19)13-24-22(23-3)25-14-18-15-29-21(26-18)20-6-5-11-30-20/h5-8,11-12,15H,4,9-10,13-14H2,1-3H3,(H2,23,24,25). The van der Waals surface area contributed by atoms with E-state index >= 15 is 0 Å². The quantitative estimate of drug-likeness (QED) is 0.289. The van der Waals surface area contributed by atoms with Crippen LogP contribution in [0.1, 0.15) is 23.7 Å². The van der Waals surface area contributed by atoms with E-state index in [-0.39, 0.29) is 0 Å². The zero-order valence-electron chi connectivity index (χ0n) is 17.6. The maximum absolute atomic E-state index is 5.91. The van der Waals surface area contributed by atoms with E-state index in [0.29, 0.717) is 44.8 Å². The summed E-state index contributed by atoms with van der Waals surface area (Å²) in [5.74, 6) is 2.17. The van der Waals surface area contributed by atoms with Crippen molar-refractivity contribution in [1.29, 1.82) is 0 Å². The number of aliphatic imine (C=N–C) groups is 1. The zero-order chi connectivity index (χ0) is 21.2. The van der Waals surface area contributed by atoms with Crippen LogP contribution in [0.4, 0.5) is 0 Å². The minimum atomic E-state index is 0.514. The molecule has 0 aliphatic heterocycles. The molecule has 160 valence electrons. The Labute approximate surface area is 181 Å². The normalized spacial score (nSPS) is 11.5. The number of guanidine groups is 1. The molecule has 0 unspecified atom stereocenters. The summed E-state index contributed by atoms with van der Waals surface area (Å²) in [5, 5.41) is 8.59. The van der Waals surface area contributed by atoms with Crippen molar-refractivity contribution >= 4 is 17.3 Å². The number of nitrogens with zero attached hydrogens (tertiary/aromatic N) is 2. The fourth-order valence-corrected chi connectivity index (χ4v) is 3.43. The van der Waals surface area contributed by atoms with Gasteiger partial charge < -0.3 is 24.5 Å². The first-order valence-corrected chi connectivity index (χ1v) is 10.8.